The molecule has 2 nitrogen and oxygen atoms in total. The van der Waals surface area contributed by atoms with Gasteiger partial charge in [-0.25, -0.2) is 0 Å². The van der Waals surface area contributed by atoms with E-state index in [4.69, 9.17) is 4.74 Å². The van der Waals surface area contributed by atoms with E-state index in [9.17, 15) is 4.79 Å². The van der Waals surface area contributed by atoms with Crippen molar-refractivity contribution in [2.45, 2.75) is 129 Å². The van der Waals surface area contributed by atoms with E-state index in [1.165, 1.54) is 89.9 Å². The Morgan fingerprint density at radius 2 is 1.33 bits per heavy atom. The van der Waals surface area contributed by atoms with Crippen LogP contribution in [0.3, 0.4) is 0 Å². The molecule has 1 aliphatic rings. The first-order chi connectivity index (χ1) is 11.7. The van der Waals surface area contributed by atoms with Crippen LogP contribution in [0.2, 0.25) is 0 Å². The number of ether oxygens (including phenoxy) is 1. The van der Waals surface area contributed by atoms with Crippen LogP contribution in [0, 0.1) is 5.92 Å². The number of rotatable bonds is 14. The van der Waals surface area contributed by atoms with Gasteiger partial charge < -0.3 is 4.74 Å². The van der Waals surface area contributed by atoms with Crippen molar-refractivity contribution in [3.63, 3.8) is 0 Å². The minimum atomic E-state index is 0.0743. The van der Waals surface area contributed by atoms with E-state index in [2.05, 4.69) is 13.8 Å². The summed E-state index contributed by atoms with van der Waals surface area (Å²) in [4.78, 5) is 12.1. The molecule has 0 heterocycles. The van der Waals surface area contributed by atoms with E-state index in [1.807, 2.05) is 0 Å². The van der Waals surface area contributed by atoms with Gasteiger partial charge in [0.1, 0.15) is 0 Å². The highest BCUT2D eigenvalue weighted by atomic mass is 16.5. The van der Waals surface area contributed by atoms with Gasteiger partial charge in [-0.2, -0.15) is 0 Å². The first kappa shape index (κ1) is 21.5. The molecule has 24 heavy (non-hydrogen) atoms. The zero-order chi connectivity index (χ0) is 17.5. The number of hydrogen-bond acceptors (Lipinski definition) is 2. The first-order valence-electron chi connectivity index (χ1n) is 10.9. The molecule has 1 saturated carbocycles. The Morgan fingerprint density at radius 3 is 1.88 bits per heavy atom. The summed E-state index contributed by atoms with van der Waals surface area (Å²) in [5.41, 5.74) is 0. The Balaban J connectivity index is 1.87. The maximum Gasteiger partial charge on any atom is 0.309 e. The maximum atomic E-state index is 12.1. The van der Waals surface area contributed by atoms with Gasteiger partial charge in [0, 0.05) is 0 Å². The van der Waals surface area contributed by atoms with Crippen LogP contribution in [0.5, 0.6) is 0 Å². The lowest BCUT2D eigenvalue weighted by Gasteiger charge is -2.22. The van der Waals surface area contributed by atoms with Crippen LogP contribution in [-0.2, 0) is 9.53 Å². The number of esters is 1. The van der Waals surface area contributed by atoms with Crippen LogP contribution in [0.15, 0.2) is 0 Å². The fraction of sp³-hybridized carbons (Fsp3) is 0.955. The Labute approximate surface area is 151 Å². The van der Waals surface area contributed by atoms with E-state index < -0.39 is 0 Å². The van der Waals surface area contributed by atoms with Crippen LogP contribution >= 0.6 is 0 Å². The third-order valence-corrected chi connectivity index (χ3v) is 5.47. The van der Waals surface area contributed by atoms with Crippen molar-refractivity contribution in [2.75, 3.05) is 0 Å². The molecule has 1 atom stereocenters. The minimum Gasteiger partial charge on any atom is -0.462 e. The quantitative estimate of drug-likeness (QED) is 0.247. The van der Waals surface area contributed by atoms with E-state index >= 15 is 0 Å². The first-order valence-corrected chi connectivity index (χ1v) is 10.9. The van der Waals surface area contributed by atoms with Gasteiger partial charge in [0.05, 0.1) is 12.0 Å². The fourth-order valence-electron chi connectivity index (χ4n) is 3.79. The largest absolute Gasteiger partial charge is 0.462 e. The van der Waals surface area contributed by atoms with Gasteiger partial charge in [0.15, 0.2) is 0 Å². The third kappa shape index (κ3) is 11.1. The molecule has 0 bridgehead atoms. The molecule has 0 spiro atoms. The second-order valence-corrected chi connectivity index (χ2v) is 7.91. The standard InChI is InChI=1S/C22H42O2/c1-3-4-5-6-7-8-9-10-11-12-14-17-20(2)24-22(23)21-18-15-13-16-19-21/h20-21H,3-19H2,1-2H3. The molecule has 1 rings (SSSR count). The number of hydrogen-bond donors (Lipinski definition) is 0. The van der Waals surface area contributed by atoms with E-state index in [1.54, 1.807) is 0 Å². The Hall–Kier alpha value is -0.530. The predicted molar refractivity (Wildman–Crippen MR) is 103 cm³/mol. The molecule has 0 aromatic rings. The summed E-state index contributed by atoms with van der Waals surface area (Å²) < 4.78 is 5.64. The van der Waals surface area contributed by atoms with Gasteiger partial charge in [-0.1, -0.05) is 90.4 Å². The Morgan fingerprint density at radius 1 is 0.833 bits per heavy atom. The molecule has 0 N–H and O–H groups in total. The van der Waals surface area contributed by atoms with Crippen molar-refractivity contribution in [3.05, 3.63) is 0 Å². The molecule has 1 aliphatic carbocycles. The summed E-state index contributed by atoms with van der Waals surface area (Å²) in [6.07, 6.45) is 22.0. The lowest BCUT2D eigenvalue weighted by atomic mass is 9.89. The second kappa shape index (κ2) is 14.8. The Bertz CT molecular complexity index is 294. The molecule has 0 saturated heterocycles. The lowest BCUT2D eigenvalue weighted by molar-refractivity contribution is -0.154. The average molecular weight is 339 g/mol. The van der Waals surface area contributed by atoms with Crippen molar-refractivity contribution in [3.8, 4) is 0 Å². The molecule has 142 valence electrons. The predicted octanol–water partition coefficient (Wildman–Crippen LogP) is 7.20. The van der Waals surface area contributed by atoms with Crippen molar-refractivity contribution in [1.82, 2.24) is 0 Å². The van der Waals surface area contributed by atoms with E-state index in [-0.39, 0.29) is 18.0 Å². The number of unbranched alkanes of at least 4 members (excludes halogenated alkanes) is 10. The van der Waals surface area contributed by atoms with Crippen LogP contribution in [0.4, 0.5) is 0 Å². The Kier molecular flexibility index (Phi) is 13.3. The molecular weight excluding hydrogens is 296 g/mol. The molecule has 1 unspecified atom stereocenters. The van der Waals surface area contributed by atoms with Crippen LogP contribution in [0.25, 0.3) is 0 Å². The molecule has 2 heteroatoms. The SMILES string of the molecule is CCCCCCCCCCCCCC(C)OC(=O)C1CCCCC1. The molecule has 0 aromatic heterocycles. The minimum absolute atomic E-state index is 0.0743. The number of carbonyl (C=O) groups excluding carboxylic acids is 1. The molecular formula is C22H42O2. The summed E-state index contributed by atoms with van der Waals surface area (Å²) in [7, 11) is 0. The molecule has 1 fully saturated rings. The van der Waals surface area contributed by atoms with Crippen LogP contribution < -0.4 is 0 Å². The van der Waals surface area contributed by atoms with Gasteiger partial charge >= 0.3 is 5.97 Å². The van der Waals surface area contributed by atoms with E-state index in [0.717, 1.165) is 19.3 Å². The van der Waals surface area contributed by atoms with Crippen LogP contribution in [-0.4, -0.2) is 12.1 Å². The van der Waals surface area contributed by atoms with Gasteiger partial charge in [0.25, 0.3) is 0 Å². The van der Waals surface area contributed by atoms with Gasteiger partial charge in [0.2, 0.25) is 0 Å². The highest BCUT2D eigenvalue weighted by molar-refractivity contribution is 5.72. The zero-order valence-corrected chi connectivity index (χ0v) is 16.5. The summed E-state index contributed by atoms with van der Waals surface area (Å²) in [6.45, 7) is 4.34. The molecule has 0 radical (unpaired) electrons. The fourth-order valence-corrected chi connectivity index (χ4v) is 3.79. The topological polar surface area (TPSA) is 26.3 Å². The summed E-state index contributed by atoms with van der Waals surface area (Å²) in [6, 6.07) is 0. The highest BCUT2D eigenvalue weighted by Gasteiger charge is 2.23. The highest BCUT2D eigenvalue weighted by Crippen LogP contribution is 2.25. The third-order valence-electron chi connectivity index (χ3n) is 5.47. The normalized spacial score (nSPS) is 16.9. The number of carbonyl (C=O) groups is 1. The van der Waals surface area contributed by atoms with Gasteiger partial charge in [-0.05, 0) is 32.6 Å². The van der Waals surface area contributed by atoms with Crippen molar-refractivity contribution >= 4 is 5.97 Å². The van der Waals surface area contributed by atoms with Gasteiger partial charge in [-0.3, -0.25) is 4.79 Å². The van der Waals surface area contributed by atoms with Gasteiger partial charge in [-0.15, -0.1) is 0 Å². The van der Waals surface area contributed by atoms with E-state index in [0.29, 0.717) is 0 Å². The monoisotopic (exact) mass is 338 g/mol. The van der Waals surface area contributed by atoms with Crippen LogP contribution in [0.1, 0.15) is 123 Å². The lowest BCUT2D eigenvalue weighted by Crippen LogP contribution is -2.24. The summed E-state index contributed by atoms with van der Waals surface area (Å²) >= 11 is 0. The smallest absolute Gasteiger partial charge is 0.309 e. The molecule has 0 aromatic carbocycles. The maximum absolute atomic E-state index is 12.1. The van der Waals surface area contributed by atoms with Crippen molar-refractivity contribution in [1.29, 1.82) is 0 Å². The molecule has 0 amide bonds. The van der Waals surface area contributed by atoms with Crippen molar-refractivity contribution in [2.24, 2.45) is 5.92 Å². The summed E-state index contributed by atoms with van der Waals surface area (Å²) in [5, 5.41) is 0. The van der Waals surface area contributed by atoms with Crippen molar-refractivity contribution < 1.29 is 9.53 Å². The average Bonchev–Trinajstić information content (AvgIpc) is 2.60. The zero-order valence-electron chi connectivity index (χ0n) is 16.5. The molecule has 0 aliphatic heterocycles. The summed E-state index contributed by atoms with van der Waals surface area (Å²) in [5.74, 6) is 0.267. The second-order valence-electron chi connectivity index (χ2n) is 7.91.